The maximum absolute atomic E-state index is 15.2. The number of ether oxygens (including phenoxy) is 1. The minimum absolute atomic E-state index is 0.161. The van der Waals surface area contributed by atoms with Gasteiger partial charge in [0.15, 0.2) is 21.4 Å². The third kappa shape index (κ3) is 3.22. The lowest BCUT2D eigenvalue weighted by Crippen LogP contribution is -2.56. The van der Waals surface area contributed by atoms with E-state index in [-0.39, 0.29) is 30.1 Å². The molecule has 1 saturated carbocycles. The Morgan fingerprint density at radius 2 is 1.81 bits per heavy atom. The summed E-state index contributed by atoms with van der Waals surface area (Å²) in [5.74, 6) is -5.79. The Morgan fingerprint density at radius 1 is 1.16 bits per heavy atom. The number of ketones is 1. The zero-order chi connectivity index (χ0) is 22.6. The van der Waals surface area contributed by atoms with Crippen LogP contribution in [0.3, 0.4) is 0 Å². The first kappa shape index (κ1) is 21.7. The summed E-state index contributed by atoms with van der Waals surface area (Å²) in [6.07, 6.45) is -0.943. The molecular formula is C21H18ClF2NO5S. The molecule has 3 atom stereocenters. The van der Waals surface area contributed by atoms with Crippen molar-refractivity contribution in [1.29, 1.82) is 0 Å². The van der Waals surface area contributed by atoms with E-state index in [1.165, 1.54) is 24.3 Å². The van der Waals surface area contributed by atoms with Gasteiger partial charge in [0, 0.05) is 29.7 Å². The predicted octanol–water partition coefficient (Wildman–Crippen LogP) is 3.15. The van der Waals surface area contributed by atoms with Gasteiger partial charge in [0.1, 0.15) is 16.3 Å². The van der Waals surface area contributed by atoms with Crippen molar-refractivity contribution in [2.24, 2.45) is 17.6 Å². The molecule has 10 heteroatoms. The number of primary amides is 1. The largest absolute Gasteiger partial charge is 0.490 e. The molecule has 1 heterocycles. The lowest BCUT2D eigenvalue weighted by Gasteiger charge is -2.49. The molecule has 4 rings (SSSR count). The first-order chi connectivity index (χ1) is 14.6. The number of carbonyl (C=O) groups is 2. The molecule has 0 spiro atoms. The van der Waals surface area contributed by atoms with Gasteiger partial charge in [-0.3, -0.25) is 9.59 Å². The van der Waals surface area contributed by atoms with Crippen LogP contribution in [0.1, 0.15) is 24.8 Å². The highest BCUT2D eigenvalue weighted by Crippen LogP contribution is 2.57. The molecule has 0 bridgehead atoms. The van der Waals surface area contributed by atoms with Gasteiger partial charge in [-0.2, -0.15) is 0 Å². The molecule has 0 saturated heterocycles. The third-order valence-corrected chi connectivity index (χ3v) is 8.97. The summed E-state index contributed by atoms with van der Waals surface area (Å²) in [6, 6.07) is 6.98. The molecule has 31 heavy (non-hydrogen) atoms. The van der Waals surface area contributed by atoms with Crippen molar-refractivity contribution in [2.45, 2.75) is 28.9 Å². The number of Topliss-reactive ketones (excluding diaryl/α,β-unsaturated/α-hetero) is 1. The van der Waals surface area contributed by atoms with E-state index >= 15 is 4.39 Å². The van der Waals surface area contributed by atoms with Crippen LogP contribution in [0.25, 0.3) is 0 Å². The van der Waals surface area contributed by atoms with E-state index in [1.54, 1.807) is 0 Å². The van der Waals surface area contributed by atoms with E-state index in [1.807, 2.05) is 0 Å². The van der Waals surface area contributed by atoms with E-state index in [2.05, 4.69) is 0 Å². The first-order valence-corrected chi connectivity index (χ1v) is 11.4. The Balaban J connectivity index is 2.04. The van der Waals surface area contributed by atoms with Gasteiger partial charge in [0.05, 0.1) is 17.1 Å². The molecule has 0 aromatic heterocycles. The summed E-state index contributed by atoms with van der Waals surface area (Å²) >= 11 is 5.89. The third-order valence-electron chi connectivity index (χ3n) is 6.15. The number of amides is 1. The Labute approximate surface area is 182 Å². The Kier molecular flexibility index (Phi) is 5.29. The van der Waals surface area contributed by atoms with Crippen LogP contribution in [0.15, 0.2) is 41.3 Å². The zero-order valence-electron chi connectivity index (χ0n) is 16.1. The number of halogens is 3. The van der Waals surface area contributed by atoms with Crippen molar-refractivity contribution >= 4 is 33.1 Å². The van der Waals surface area contributed by atoms with Crippen molar-refractivity contribution in [3.8, 4) is 5.75 Å². The van der Waals surface area contributed by atoms with Crippen LogP contribution >= 0.6 is 11.6 Å². The van der Waals surface area contributed by atoms with Gasteiger partial charge in [0.2, 0.25) is 5.91 Å². The number of sulfone groups is 1. The van der Waals surface area contributed by atoms with Crippen LogP contribution in [0.2, 0.25) is 5.02 Å². The average Bonchev–Trinajstić information content (AvgIpc) is 2.72. The lowest BCUT2D eigenvalue weighted by molar-refractivity contribution is -0.133. The fourth-order valence-corrected chi connectivity index (χ4v) is 7.30. The maximum atomic E-state index is 15.2. The highest BCUT2D eigenvalue weighted by atomic mass is 35.5. The van der Waals surface area contributed by atoms with Crippen LogP contribution in [0.4, 0.5) is 8.78 Å². The highest BCUT2D eigenvalue weighted by molar-refractivity contribution is 7.92. The summed E-state index contributed by atoms with van der Waals surface area (Å²) < 4.78 is 61.1. The van der Waals surface area contributed by atoms with Crippen LogP contribution in [0.5, 0.6) is 5.75 Å². The summed E-state index contributed by atoms with van der Waals surface area (Å²) in [5.41, 5.74) is 4.85. The number of nitrogens with two attached hydrogens (primary N) is 1. The smallest absolute Gasteiger partial charge is 0.218 e. The van der Waals surface area contributed by atoms with Gasteiger partial charge in [-0.15, -0.1) is 0 Å². The van der Waals surface area contributed by atoms with Crippen molar-refractivity contribution < 1.29 is 31.5 Å². The Hall–Kier alpha value is -2.52. The second-order valence-corrected chi connectivity index (χ2v) is 10.4. The molecule has 3 unspecified atom stereocenters. The monoisotopic (exact) mass is 469 g/mol. The molecule has 2 aliphatic rings. The second kappa shape index (κ2) is 7.56. The standard InChI is InChI=1S/C21H18ClF2NO5S/c22-11-1-3-12(4-2-11)31(28,29)21-8-7-17(26)13(9-18(25)27)14(21)10-30-20-16(24)6-5-15(23)19(20)21/h1-6,13-14H,7-10H2,(H2,25,27). The van der Waals surface area contributed by atoms with Crippen LogP contribution in [-0.4, -0.2) is 26.7 Å². The minimum Gasteiger partial charge on any atom is -0.490 e. The van der Waals surface area contributed by atoms with Crippen LogP contribution < -0.4 is 10.5 Å². The van der Waals surface area contributed by atoms with Gasteiger partial charge in [0.25, 0.3) is 0 Å². The summed E-state index contributed by atoms with van der Waals surface area (Å²) in [7, 11) is -4.39. The van der Waals surface area contributed by atoms with E-state index in [0.717, 1.165) is 12.1 Å². The second-order valence-electron chi connectivity index (χ2n) is 7.74. The number of hydrogen-bond acceptors (Lipinski definition) is 5. The average molecular weight is 470 g/mol. The molecule has 2 aromatic rings. The number of rotatable bonds is 4. The number of fused-ring (bicyclic) bond motifs is 3. The molecule has 2 N–H and O–H groups in total. The fraction of sp³-hybridized carbons (Fsp3) is 0.333. The highest BCUT2D eigenvalue weighted by Gasteiger charge is 2.62. The first-order valence-electron chi connectivity index (χ1n) is 9.52. The molecule has 6 nitrogen and oxygen atoms in total. The maximum Gasteiger partial charge on any atom is 0.218 e. The SMILES string of the molecule is NC(=O)CC1C(=O)CCC2(S(=O)(=O)c3ccc(Cl)cc3)c3c(F)ccc(F)c3OCC12. The van der Waals surface area contributed by atoms with E-state index < -0.39 is 61.7 Å². The van der Waals surface area contributed by atoms with Gasteiger partial charge in [-0.05, 0) is 42.8 Å². The molecule has 1 aliphatic carbocycles. The van der Waals surface area contributed by atoms with Gasteiger partial charge in [-0.1, -0.05) is 11.6 Å². The molecule has 1 amide bonds. The van der Waals surface area contributed by atoms with Crippen LogP contribution in [0, 0.1) is 23.5 Å². The molecule has 1 fully saturated rings. The van der Waals surface area contributed by atoms with E-state index in [4.69, 9.17) is 22.1 Å². The van der Waals surface area contributed by atoms with Crippen molar-refractivity contribution in [3.63, 3.8) is 0 Å². The number of hydrogen-bond donors (Lipinski definition) is 1. The number of benzene rings is 2. The van der Waals surface area contributed by atoms with Gasteiger partial charge < -0.3 is 10.5 Å². The Bertz CT molecular complexity index is 1190. The zero-order valence-corrected chi connectivity index (χ0v) is 17.7. The fourth-order valence-electron chi connectivity index (χ4n) is 4.80. The molecule has 164 valence electrons. The van der Waals surface area contributed by atoms with Crippen LogP contribution in [-0.2, 0) is 24.2 Å². The predicted molar refractivity (Wildman–Crippen MR) is 107 cm³/mol. The quantitative estimate of drug-likeness (QED) is 0.740. The topological polar surface area (TPSA) is 104 Å². The Morgan fingerprint density at radius 3 is 2.45 bits per heavy atom. The number of carbonyl (C=O) groups excluding carboxylic acids is 2. The van der Waals surface area contributed by atoms with E-state index in [9.17, 15) is 22.4 Å². The van der Waals surface area contributed by atoms with Crippen molar-refractivity contribution in [3.05, 3.63) is 58.6 Å². The summed E-state index contributed by atoms with van der Waals surface area (Å²) in [6.45, 7) is -0.385. The summed E-state index contributed by atoms with van der Waals surface area (Å²) in [5, 5.41) is 0.294. The van der Waals surface area contributed by atoms with Gasteiger partial charge >= 0.3 is 0 Å². The van der Waals surface area contributed by atoms with Gasteiger partial charge in [-0.25, -0.2) is 17.2 Å². The van der Waals surface area contributed by atoms with Crippen molar-refractivity contribution in [1.82, 2.24) is 0 Å². The summed E-state index contributed by atoms with van der Waals surface area (Å²) in [4.78, 5) is 24.1. The lowest BCUT2D eigenvalue weighted by atomic mass is 9.66. The molecule has 1 aliphatic heterocycles. The minimum atomic E-state index is -4.39. The van der Waals surface area contributed by atoms with E-state index in [0.29, 0.717) is 5.02 Å². The molecular weight excluding hydrogens is 452 g/mol. The normalized spacial score (nSPS) is 25.3. The molecule has 2 aromatic carbocycles. The molecule has 0 radical (unpaired) electrons. The van der Waals surface area contributed by atoms with Crippen molar-refractivity contribution in [2.75, 3.05) is 6.61 Å².